The lowest BCUT2D eigenvalue weighted by molar-refractivity contribution is -0.137. The minimum Gasteiger partial charge on any atom is -0.481 e. The van der Waals surface area contributed by atoms with Gasteiger partial charge in [-0.05, 0) is 50.4 Å². The number of urea groups is 1. The first kappa shape index (κ1) is 18.1. The predicted octanol–water partition coefficient (Wildman–Crippen LogP) is 3.88. The number of rotatable bonds is 5. The number of nitrogens with one attached hydrogen (secondary N) is 2. The maximum absolute atomic E-state index is 11.7. The van der Waals surface area contributed by atoms with Crippen molar-refractivity contribution in [2.75, 3.05) is 5.32 Å². The molecule has 0 aliphatic carbocycles. The zero-order valence-electron chi connectivity index (χ0n) is 10.6. The largest absolute Gasteiger partial charge is 0.481 e. The van der Waals surface area contributed by atoms with E-state index in [9.17, 15) is 14.4 Å². The van der Waals surface area contributed by atoms with Crippen LogP contribution in [0.3, 0.4) is 0 Å². The number of imide groups is 1. The predicted molar refractivity (Wildman–Crippen MR) is 88.2 cm³/mol. The van der Waals surface area contributed by atoms with Gasteiger partial charge < -0.3 is 10.4 Å². The van der Waals surface area contributed by atoms with Crippen molar-refractivity contribution >= 4 is 71.4 Å². The third-order valence-electron chi connectivity index (χ3n) is 2.29. The van der Waals surface area contributed by atoms with Crippen molar-refractivity contribution in [2.24, 2.45) is 0 Å². The van der Waals surface area contributed by atoms with Gasteiger partial charge in [0, 0.05) is 26.3 Å². The van der Waals surface area contributed by atoms with Gasteiger partial charge in [0.25, 0.3) is 0 Å². The first-order valence-corrected chi connectivity index (χ1v) is 8.14. The number of carboxylic acids is 1. The fraction of sp³-hybridized carbons (Fsp3) is 0.250. The Kier molecular flexibility index (Phi) is 7.33. The number of anilines is 1. The zero-order chi connectivity index (χ0) is 16.0. The Morgan fingerprint density at radius 1 is 1.05 bits per heavy atom. The minimum atomic E-state index is -0.977. The number of aliphatic carboxylic acids is 1. The summed E-state index contributed by atoms with van der Waals surface area (Å²) in [5, 5.41) is 13.1. The first-order valence-electron chi connectivity index (χ1n) is 5.76. The second-order valence-corrected chi connectivity index (χ2v) is 6.62. The van der Waals surface area contributed by atoms with Gasteiger partial charge in [-0.15, -0.1) is 0 Å². The van der Waals surface area contributed by atoms with E-state index in [4.69, 9.17) is 5.11 Å². The van der Waals surface area contributed by atoms with Crippen LogP contribution in [0.2, 0.25) is 0 Å². The summed E-state index contributed by atoms with van der Waals surface area (Å²) in [6.45, 7) is 0. The Morgan fingerprint density at radius 2 is 1.62 bits per heavy atom. The highest BCUT2D eigenvalue weighted by atomic mass is 79.9. The summed E-state index contributed by atoms with van der Waals surface area (Å²) < 4.78 is 2.09. The first-order chi connectivity index (χ1) is 9.79. The molecular formula is C12H11Br3N2O4. The van der Waals surface area contributed by atoms with Gasteiger partial charge in [0.15, 0.2) is 0 Å². The molecule has 0 bridgehead atoms. The van der Waals surface area contributed by atoms with Crippen LogP contribution in [-0.2, 0) is 9.59 Å². The van der Waals surface area contributed by atoms with Crippen LogP contribution in [-0.4, -0.2) is 23.0 Å². The molecule has 9 heteroatoms. The van der Waals surface area contributed by atoms with Crippen LogP contribution in [0.1, 0.15) is 19.3 Å². The van der Waals surface area contributed by atoms with Gasteiger partial charge in [-0.3, -0.25) is 14.9 Å². The van der Waals surface area contributed by atoms with Gasteiger partial charge in [0.05, 0.1) is 5.69 Å². The quantitative estimate of drug-likeness (QED) is 0.588. The van der Waals surface area contributed by atoms with Crippen molar-refractivity contribution in [1.29, 1.82) is 0 Å². The molecule has 3 amide bonds. The molecule has 3 N–H and O–H groups in total. The fourth-order valence-electron chi connectivity index (χ4n) is 1.40. The SMILES string of the molecule is O=C(O)CCCC(=O)NC(=O)Nc1c(Br)cc(Br)cc1Br. The lowest BCUT2D eigenvalue weighted by atomic mass is 10.2. The number of hydrogen-bond acceptors (Lipinski definition) is 3. The molecule has 0 fully saturated rings. The minimum absolute atomic E-state index is 0.0254. The van der Waals surface area contributed by atoms with Gasteiger partial charge in [-0.2, -0.15) is 0 Å². The monoisotopic (exact) mass is 484 g/mol. The average molecular weight is 487 g/mol. The second-order valence-electron chi connectivity index (χ2n) is 3.99. The molecule has 0 saturated carbocycles. The molecule has 114 valence electrons. The normalized spacial score (nSPS) is 10.0. The molecule has 21 heavy (non-hydrogen) atoms. The highest BCUT2D eigenvalue weighted by Crippen LogP contribution is 2.34. The van der Waals surface area contributed by atoms with Crippen molar-refractivity contribution in [3.63, 3.8) is 0 Å². The summed E-state index contributed by atoms with van der Waals surface area (Å²) in [5.41, 5.74) is 0.481. The van der Waals surface area contributed by atoms with Gasteiger partial charge in [0.1, 0.15) is 0 Å². The molecule has 0 heterocycles. The van der Waals surface area contributed by atoms with Crippen LogP contribution in [0, 0.1) is 0 Å². The molecule has 0 aliphatic rings. The van der Waals surface area contributed by atoms with Crippen LogP contribution in [0.15, 0.2) is 25.6 Å². The van der Waals surface area contributed by atoms with E-state index < -0.39 is 17.9 Å². The summed E-state index contributed by atoms with van der Waals surface area (Å²) in [4.78, 5) is 33.5. The summed E-state index contributed by atoms with van der Waals surface area (Å²) in [5.74, 6) is -1.51. The Morgan fingerprint density at radius 3 is 2.14 bits per heavy atom. The molecule has 0 aliphatic heterocycles. The van der Waals surface area contributed by atoms with Crippen LogP contribution >= 0.6 is 47.8 Å². The summed E-state index contributed by atoms with van der Waals surface area (Å²) >= 11 is 9.90. The zero-order valence-corrected chi connectivity index (χ0v) is 15.3. The fourth-order valence-corrected chi connectivity index (χ4v) is 3.85. The van der Waals surface area contributed by atoms with E-state index in [1.807, 2.05) is 0 Å². The van der Waals surface area contributed by atoms with Crippen molar-refractivity contribution in [1.82, 2.24) is 5.32 Å². The standard InChI is InChI=1S/C12H11Br3N2O4/c13-6-4-7(14)11(8(15)5-6)17-12(21)16-9(18)2-1-3-10(19)20/h4-5H,1-3H2,(H,19,20)(H2,16,17,18,21). The van der Waals surface area contributed by atoms with E-state index in [0.717, 1.165) is 4.47 Å². The molecule has 0 saturated heterocycles. The number of hydrogen-bond donors (Lipinski definition) is 3. The summed E-state index contributed by atoms with van der Waals surface area (Å²) in [7, 11) is 0. The number of halogens is 3. The third-order valence-corrected chi connectivity index (χ3v) is 4.00. The molecule has 6 nitrogen and oxygen atoms in total. The maximum Gasteiger partial charge on any atom is 0.325 e. The molecule has 0 aromatic heterocycles. The maximum atomic E-state index is 11.7. The van der Waals surface area contributed by atoms with Crippen molar-refractivity contribution in [3.8, 4) is 0 Å². The Balaban J connectivity index is 2.54. The molecule has 0 spiro atoms. The number of carboxylic acid groups (broad SMARTS) is 1. The smallest absolute Gasteiger partial charge is 0.325 e. The third kappa shape index (κ3) is 6.58. The van der Waals surface area contributed by atoms with Gasteiger partial charge >= 0.3 is 12.0 Å². The number of carbonyl (C=O) groups excluding carboxylic acids is 2. The number of benzene rings is 1. The van der Waals surface area contributed by atoms with E-state index in [0.29, 0.717) is 14.6 Å². The molecule has 0 radical (unpaired) electrons. The average Bonchev–Trinajstić information content (AvgIpc) is 2.33. The summed E-state index contributed by atoms with van der Waals surface area (Å²) in [6.07, 6.45) is 0.0430. The highest BCUT2D eigenvalue weighted by Gasteiger charge is 2.13. The summed E-state index contributed by atoms with van der Waals surface area (Å²) in [6, 6.07) is 2.81. The van der Waals surface area contributed by atoms with E-state index in [1.54, 1.807) is 12.1 Å². The molecule has 1 aromatic rings. The Bertz CT molecular complexity index is 555. The van der Waals surface area contributed by atoms with Crippen molar-refractivity contribution < 1.29 is 19.5 Å². The molecule has 1 aromatic carbocycles. The molecule has 1 rings (SSSR count). The van der Waals surface area contributed by atoms with Crippen LogP contribution in [0.25, 0.3) is 0 Å². The lowest BCUT2D eigenvalue weighted by Gasteiger charge is -2.10. The molecule has 0 unspecified atom stereocenters. The lowest BCUT2D eigenvalue weighted by Crippen LogP contribution is -2.34. The second kappa shape index (κ2) is 8.50. The van der Waals surface area contributed by atoms with Crippen LogP contribution in [0.5, 0.6) is 0 Å². The van der Waals surface area contributed by atoms with E-state index in [2.05, 4.69) is 58.4 Å². The molecular weight excluding hydrogens is 476 g/mol. The Hall–Kier alpha value is -0.930. The van der Waals surface area contributed by atoms with Crippen LogP contribution < -0.4 is 10.6 Å². The number of carbonyl (C=O) groups is 3. The van der Waals surface area contributed by atoms with Crippen molar-refractivity contribution in [2.45, 2.75) is 19.3 Å². The topological polar surface area (TPSA) is 95.5 Å². The van der Waals surface area contributed by atoms with E-state index >= 15 is 0 Å². The van der Waals surface area contributed by atoms with Gasteiger partial charge in [-0.1, -0.05) is 15.9 Å². The van der Waals surface area contributed by atoms with Crippen molar-refractivity contribution in [3.05, 3.63) is 25.6 Å². The highest BCUT2D eigenvalue weighted by molar-refractivity contribution is 9.11. The number of amides is 3. The van der Waals surface area contributed by atoms with E-state index in [1.165, 1.54) is 0 Å². The molecule has 0 atom stereocenters. The van der Waals surface area contributed by atoms with E-state index in [-0.39, 0.29) is 19.3 Å². The van der Waals surface area contributed by atoms with Crippen LogP contribution in [0.4, 0.5) is 10.5 Å². The van der Waals surface area contributed by atoms with Gasteiger partial charge in [-0.25, -0.2) is 4.79 Å². The Labute approximate surface area is 146 Å². The van der Waals surface area contributed by atoms with Gasteiger partial charge in [0.2, 0.25) is 5.91 Å².